The molecule has 1 heterocycles. The van der Waals surface area contributed by atoms with Gasteiger partial charge in [0, 0.05) is 37.1 Å². The first-order chi connectivity index (χ1) is 9.06. The van der Waals surface area contributed by atoms with Crippen molar-refractivity contribution in [2.24, 2.45) is 11.7 Å². The summed E-state index contributed by atoms with van der Waals surface area (Å²) in [5.74, 6) is 0.348. The molecule has 0 radical (unpaired) electrons. The minimum atomic E-state index is 0.119. The Balaban J connectivity index is 1.63. The van der Waals surface area contributed by atoms with E-state index in [1.807, 2.05) is 13.8 Å². The Bertz CT molecular complexity index is 302. The van der Waals surface area contributed by atoms with Gasteiger partial charge in [0.25, 0.3) is 0 Å². The average Bonchev–Trinajstić information content (AvgIpc) is 3.10. The predicted molar refractivity (Wildman–Crippen MR) is 77.8 cm³/mol. The van der Waals surface area contributed by atoms with Crippen LogP contribution in [0.25, 0.3) is 0 Å². The second kappa shape index (κ2) is 6.71. The molecule has 2 aliphatic rings. The number of hydrogen-bond donors (Lipinski definition) is 2. The smallest absolute Gasteiger partial charge is 0.223 e. The lowest BCUT2D eigenvalue weighted by atomic mass is 10.0. The Morgan fingerprint density at radius 3 is 2.68 bits per heavy atom. The van der Waals surface area contributed by atoms with Crippen LogP contribution in [0.2, 0.25) is 0 Å². The molecule has 0 aromatic heterocycles. The summed E-state index contributed by atoms with van der Waals surface area (Å²) in [6.45, 7) is 6.28. The van der Waals surface area contributed by atoms with E-state index in [1.54, 1.807) is 0 Å². The number of hydrogen-bond acceptors (Lipinski definition) is 3. The maximum Gasteiger partial charge on any atom is 0.223 e. The van der Waals surface area contributed by atoms with E-state index in [1.165, 1.54) is 12.8 Å². The summed E-state index contributed by atoms with van der Waals surface area (Å²) >= 11 is 0. The Kier molecular flexibility index (Phi) is 5.22. The van der Waals surface area contributed by atoms with Gasteiger partial charge in [-0.25, -0.2) is 0 Å². The molecule has 1 saturated carbocycles. The molecule has 4 heteroatoms. The van der Waals surface area contributed by atoms with Gasteiger partial charge >= 0.3 is 0 Å². The van der Waals surface area contributed by atoms with Crippen molar-refractivity contribution >= 4 is 5.91 Å². The summed E-state index contributed by atoms with van der Waals surface area (Å²) in [6, 6.07) is 1.45. The second-order valence-corrected chi connectivity index (χ2v) is 6.53. The molecular formula is C15H29N3O. The van der Waals surface area contributed by atoms with Crippen LogP contribution >= 0.6 is 0 Å². The van der Waals surface area contributed by atoms with Crippen LogP contribution < -0.4 is 11.1 Å². The van der Waals surface area contributed by atoms with Crippen LogP contribution in [0.15, 0.2) is 0 Å². The summed E-state index contributed by atoms with van der Waals surface area (Å²) in [7, 11) is 0. The number of rotatable bonds is 7. The molecule has 1 saturated heterocycles. The molecule has 0 aromatic carbocycles. The molecule has 0 bridgehead atoms. The van der Waals surface area contributed by atoms with Crippen LogP contribution in [-0.2, 0) is 4.79 Å². The summed E-state index contributed by atoms with van der Waals surface area (Å²) in [6.07, 6.45) is 6.84. The fourth-order valence-electron chi connectivity index (χ4n) is 2.90. The van der Waals surface area contributed by atoms with Crippen molar-refractivity contribution in [1.82, 2.24) is 10.2 Å². The minimum Gasteiger partial charge on any atom is -0.352 e. The van der Waals surface area contributed by atoms with Crippen LogP contribution in [0.5, 0.6) is 0 Å². The zero-order valence-corrected chi connectivity index (χ0v) is 12.4. The van der Waals surface area contributed by atoms with Crippen molar-refractivity contribution in [3.8, 4) is 0 Å². The summed E-state index contributed by atoms with van der Waals surface area (Å²) < 4.78 is 0. The first-order valence-electron chi connectivity index (χ1n) is 7.86. The van der Waals surface area contributed by atoms with E-state index in [9.17, 15) is 4.79 Å². The largest absolute Gasteiger partial charge is 0.352 e. The van der Waals surface area contributed by atoms with Gasteiger partial charge in [0.2, 0.25) is 5.91 Å². The fourth-order valence-corrected chi connectivity index (χ4v) is 2.90. The van der Waals surface area contributed by atoms with Crippen molar-refractivity contribution in [3.63, 3.8) is 0 Å². The monoisotopic (exact) mass is 267 g/mol. The highest BCUT2D eigenvalue weighted by atomic mass is 16.1. The number of nitrogens with zero attached hydrogens (tertiary/aromatic N) is 1. The Morgan fingerprint density at radius 2 is 2.05 bits per heavy atom. The maximum absolute atomic E-state index is 12.1. The third kappa shape index (κ3) is 4.77. The van der Waals surface area contributed by atoms with Crippen LogP contribution in [0.4, 0.5) is 0 Å². The molecular weight excluding hydrogens is 238 g/mol. The lowest BCUT2D eigenvalue weighted by molar-refractivity contribution is -0.125. The molecule has 3 atom stereocenters. The molecule has 19 heavy (non-hydrogen) atoms. The normalized spacial score (nSPS) is 27.2. The highest BCUT2D eigenvalue weighted by Crippen LogP contribution is 2.29. The Hall–Kier alpha value is -0.610. The second-order valence-electron chi connectivity index (χ2n) is 6.53. The van der Waals surface area contributed by atoms with Gasteiger partial charge in [-0.2, -0.15) is 0 Å². The van der Waals surface area contributed by atoms with E-state index in [0.29, 0.717) is 6.04 Å². The van der Waals surface area contributed by atoms with Crippen molar-refractivity contribution in [2.45, 2.75) is 70.5 Å². The number of nitrogens with one attached hydrogen (secondary N) is 1. The van der Waals surface area contributed by atoms with Gasteiger partial charge in [-0.05, 0) is 39.0 Å². The van der Waals surface area contributed by atoms with Crippen molar-refractivity contribution in [1.29, 1.82) is 0 Å². The van der Waals surface area contributed by atoms with E-state index < -0.39 is 0 Å². The zero-order valence-electron chi connectivity index (χ0n) is 12.4. The fraction of sp³-hybridized carbons (Fsp3) is 0.933. The lowest BCUT2D eigenvalue weighted by Gasteiger charge is -2.18. The molecule has 3 unspecified atom stereocenters. The van der Waals surface area contributed by atoms with E-state index in [2.05, 4.69) is 10.2 Å². The SMILES string of the molecule is CC(N)CCCC(C)C(=O)NC1CCN(C2CC2)C1. The van der Waals surface area contributed by atoms with E-state index in [-0.39, 0.29) is 17.9 Å². The topological polar surface area (TPSA) is 58.4 Å². The van der Waals surface area contributed by atoms with Crippen LogP contribution in [0, 0.1) is 5.92 Å². The molecule has 110 valence electrons. The molecule has 4 nitrogen and oxygen atoms in total. The number of nitrogens with two attached hydrogens (primary N) is 1. The van der Waals surface area contributed by atoms with Gasteiger partial charge in [0.05, 0.1) is 0 Å². The number of carbonyl (C=O) groups excluding carboxylic acids is 1. The number of carbonyl (C=O) groups is 1. The highest BCUT2D eigenvalue weighted by Gasteiger charge is 2.35. The first kappa shape index (κ1) is 14.8. The first-order valence-corrected chi connectivity index (χ1v) is 7.86. The third-order valence-corrected chi connectivity index (χ3v) is 4.37. The van der Waals surface area contributed by atoms with Crippen molar-refractivity contribution < 1.29 is 4.79 Å². The highest BCUT2D eigenvalue weighted by molar-refractivity contribution is 5.78. The molecule has 0 spiro atoms. The zero-order chi connectivity index (χ0) is 13.8. The quantitative estimate of drug-likeness (QED) is 0.735. The van der Waals surface area contributed by atoms with Crippen LogP contribution in [0.1, 0.15) is 52.4 Å². The van der Waals surface area contributed by atoms with Gasteiger partial charge < -0.3 is 11.1 Å². The number of amides is 1. The molecule has 2 fully saturated rings. The number of likely N-dealkylation sites (tertiary alicyclic amines) is 1. The molecule has 2 rings (SSSR count). The maximum atomic E-state index is 12.1. The van der Waals surface area contributed by atoms with E-state index in [4.69, 9.17) is 5.73 Å². The van der Waals surface area contributed by atoms with Crippen molar-refractivity contribution in [3.05, 3.63) is 0 Å². The minimum absolute atomic E-state index is 0.119. The van der Waals surface area contributed by atoms with Gasteiger partial charge in [-0.15, -0.1) is 0 Å². The standard InChI is InChI=1S/C15H29N3O/c1-11(4-3-5-12(2)16)15(19)17-13-8-9-18(10-13)14-6-7-14/h11-14H,3-10,16H2,1-2H3,(H,17,19). The van der Waals surface area contributed by atoms with Gasteiger partial charge in [0.1, 0.15) is 0 Å². The van der Waals surface area contributed by atoms with Gasteiger partial charge in [-0.1, -0.05) is 13.3 Å². The molecule has 3 N–H and O–H groups in total. The van der Waals surface area contributed by atoms with Gasteiger partial charge in [0.15, 0.2) is 0 Å². The van der Waals surface area contributed by atoms with Crippen LogP contribution in [-0.4, -0.2) is 42.0 Å². The molecule has 1 amide bonds. The Morgan fingerprint density at radius 1 is 1.32 bits per heavy atom. The van der Waals surface area contributed by atoms with E-state index >= 15 is 0 Å². The van der Waals surface area contributed by atoms with Crippen LogP contribution in [0.3, 0.4) is 0 Å². The third-order valence-electron chi connectivity index (χ3n) is 4.37. The summed E-state index contributed by atoms with van der Waals surface area (Å²) in [5, 5.41) is 3.22. The predicted octanol–water partition coefficient (Wildman–Crippen LogP) is 1.49. The molecule has 1 aliphatic heterocycles. The Labute approximate surface area is 117 Å². The van der Waals surface area contributed by atoms with Crippen molar-refractivity contribution in [2.75, 3.05) is 13.1 Å². The molecule has 1 aliphatic carbocycles. The van der Waals surface area contributed by atoms with Gasteiger partial charge in [-0.3, -0.25) is 9.69 Å². The van der Waals surface area contributed by atoms with E-state index in [0.717, 1.165) is 44.8 Å². The summed E-state index contributed by atoms with van der Waals surface area (Å²) in [5.41, 5.74) is 5.73. The average molecular weight is 267 g/mol. The lowest BCUT2D eigenvalue weighted by Crippen LogP contribution is -2.40. The summed E-state index contributed by atoms with van der Waals surface area (Å²) in [4.78, 5) is 14.6. The molecule has 0 aromatic rings.